The van der Waals surface area contributed by atoms with E-state index in [2.05, 4.69) is 0 Å². The molecule has 0 radical (unpaired) electrons. The molecular weight excluding hydrogens is 626 g/mol. The van der Waals surface area contributed by atoms with E-state index in [1.54, 1.807) is 0 Å². The Morgan fingerprint density at radius 1 is 0.172 bits per heavy atom. The van der Waals surface area contributed by atoms with Crippen LogP contribution in [0.15, 0.2) is 0 Å². The maximum absolute atomic E-state index is 6.25. The summed E-state index contributed by atoms with van der Waals surface area (Å²) in [7, 11) is 0. The minimum atomic E-state index is 0. The molecule has 0 rings (SSSR count). The molecule has 0 aromatic rings. The van der Waals surface area contributed by atoms with Crippen molar-refractivity contribution in [3.8, 4) is 0 Å². The second kappa shape index (κ2) is 1330. The van der Waals surface area contributed by atoms with E-state index in [4.69, 9.17) is 142 Å². The molecule has 0 amide bonds. The van der Waals surface area contributed by atoms with E-state index < -0.39 is 0 Å². The van der Waals surface area contributed by atoms with Crippen molar-refractivity contribution in [3.63, 3.8) is 0 Å². The predicted molar refractivity (Wildman–Crippen MR) is 59.6 cm³/mol. The van der Waals surface area contributed by atoms with Gasteiger partial charge in [0.1, 0.15) is 0 Å². The van der Waals surface area contributed by atoms with Gasteiger partial charge in [-0.2, -0.15) is 0 Å². The van der Waals surface area contributed by atoms with Gasteiger partial charge in [0, 0.05) is 0 Å². The van der Waals surface area contributed by atoms with Crippen LogP contribution in [0, 0.1) is 142 Å². The van der Waals surface area contributed by atoms with Crippen LogP contribution in [-0.4, -0.2) is 0 Å². The molecule has 0 spiro atoms. The van der Waals surface area contributed by atoms with Gasteiger partial charge in [0.2, 0.25) is 0 Å². The van der Waals surface area contributed by atoms with Crippen molar-refractivity contribution in [1.82, 2.24) is 0 Å². The van der Waals surface area contributed by atoms with Crippen LogP contribution < -0.4 is 0 Å². The zero-order chi connectivity index (χ0) is 24.0. The summed E-state index contributed by atoms with van der Waals surface area (Å²) in [6, 6.07) is 0. The maximum Gasteiger partial charge on any atom is 3.00 e. The molecule has 0 saturated carbocycles. The fourth-order valence-electron chi connectivity index (χ4n) is 0. The van der Waals surface area contributed by atoms with E-state index in [9.17, 15) is 0 Å². The Hall–Kier alpha value is -3.24. The fraction of sp³-hybridized carbons (Fsp3) is 0. The Morgan fingerprint density at radius 3 is 0.172 bits per heavy atom. The fourth-order valence-corrected chi connectivity index (χ4v) is 0. The van der Waals surface area contributed by atoms with Crippen molar-refractivity contribution in [2.24, 2.45) is 0 Å². The molecule has 17 heteroatoms. The monoisotopic (exact) mass is 622 g/mol. The van der Waals surface area contributed by atoms with Gasteiger partial charge in [0.05, 0.1) is 0 Å². The molecule has 0 N–H and O–H groups in total. The van der Waals surface area contributed by atoms with Gasteiger partial charge < -0.3 is 142 Å². The van der Waals surface area contributed by atoms with E-state index in [1.165, 1.54) is 0 Å². The summed E-state index contributed by atoms with van der Waals surface area (Å²) in [5, 5.41) is 75.0. The zero-order valence-electron chi connectivity index (χ0n) is 14.2. The molecule has 0 aromatic carbocycles. The Morgan fingerprint density at radius 2 is 0.172 bits per heavy atom. The van der Waals surface area contributed by atoms with Crippen LogP contribution in [-0.2, 0) is 92.0 Å². The van der Waals surface area contributed by atoms with Crippen LogP contribution in [0.2, 0.25) is 0 Å². The molecule has 0 unspecified atom stereocenters. The molecule has 0 atom stereocenters. The van der Waals surface area contributed by atoms with Crippen LogP contribution in [0.5, 0.6) is 0 Å². The summed E-state index contributed by atoms with van der Waals surface area (Å²) in [6.07, 6.45) is 0. The van der Waals surface area contributed by atoms with Crippen molar-refractivity contribution in [3.05, 3.63) is 78.9 Å². The van der Waals surface area contributed by atoms with Crippen LogP contribution >= 0.6 is 0 Å². The molecule has 132 valence electrons. The first-order valence-corrected chi connectivity index (χ1v) is 2.68. The molecule has 12 nitrogen and oxygen atoms in total. The topological polar surface area (TPSA) is 285 Å². The standard InChI is InChI=1S/12CN.2Co.3Zn/c12*1-2;;;;;/q12*-1;2*+3;3*+2. The second-order valence-electron chi connectivity index (χ2n) is 0. The zero-order valence-corrected chi connectivity index (χ0v) is 25.1. The van der Waals surface area contributed by atoms with E-state index >= 15 is 0 Å². The largest absolute Gasteiger partial charge is 3.00 e. The first-order chi connectivity index (χ1) is 12.0. The Bertz CT molecular complexity index is 234. The first-order valence-electron chi connectivity index (χ1n) is 2.68. The first kappa shape index (κ1) is 206. The number of hydrogen-bond acceptors (Lipinski definition) is 12. The predicted octanol–water partition coefficient (Wildman–Crippen LogP) is 1.14. The minimum Gasteiger partial charge on any atom is -0.512 e. The molecule has 0 saturated heterocycles. The molecule has 0 fully saturated rings. The maximum atomic E-state index is 6.25. The summed E-state index contributed by atoms with van der Waals surface area (Å²) in [5.41, 5.74) is 0. The van der Waals surface area contributed by atoms with Gasteiger partial charge in [0.25, 0.3) is 0 Å². The van der Waals surface area contributed by atoms with Crippen LogP contribution in [0.25, 0.3) is 0 Å². The Balaban J connectivity index is -0.00000000356. The normalized spacial score (nSPS) is 0.828. The van der Waals surface area contributed by atoms with Crippen molar-refractivity contribution >= 4 is 0 Å². The van der Waals surface area contributed by atoms with Crippen LogP contribution in [0.4, 0.5) is 0 Å². The SMILES string of the molecule is [C-]#N.[C-]#N.[C-]#N.[C-]#N.[C-]#N.[C-]#N.[C-]#N.[C-]#N.[C-]#N.[C-]#N.[C-]#N.[C-]#N.[Co+3].[Co+3].[Zn+2].[Zn+2].[Zn+2]. The summed E-state index contributed by atoms with van der Waals surface area (Å²) >= 11 is 0. The average molecular weight is 626 g/mol. The molecule has 0 aliphatic rings. The smallest absolute Gasteiger partial charge is 0.512 e. The van der Waals surface area contributed by atoms with Gasteiger partial charge in [-0.3, -0.25) is 0 Å². The molecule has 0 aromatic heterocycles. The van der Waals surface area contributed by atoms with Crippen molar-refractivity contribution < 1.29 is 92.0 Å². The van der Waals surface area contributed by atoms with Gasteiger partial charge in [0.15, 0.2) is 0 Å². The summed E-state index contributed by atoms with van der Waals surface area (Å²) < 4.78 is 0. The summed E-state index contributed by atoms with van der Waals surface area (Å²) in [5.74, 6) is 0. The summed E-state index contributed by atoms with van der Waals surface area (Å²) in [6.45, 7) is 57.0. The third kappa shape index (κ3) is 1220. The Labute approximate surface area is 232 Å². The molecule has 29 heavy (non-hydrogen) atoms. The summed E-state index contributed by atoms with van der Waals surface area (Å²) in [4.78, 5) is 0. The van der Waals surface area contributed by atoms with E-state index in [-0.39, 0.29) is 92.0 Å². The Kier molecular flexibility index (Phi) is 9470. The number of hydrogen-bond donors (Lipinski definition) is 0. The molecule has 0 heterocycles. The van der Waals surface area contributed by atoms with Crippen molar-refractivity contribution in [2.45, 2.75) is 0 Å². The molecule has 0 bridgehead atoms. The molecular formula is C12Co2N12Zn3. The van der Waals surface area contributed by atoms with Crippen molar-refractivity contribution in [1.29, 1.82) is 63.1 Å². The second-order valence-corrected chi connectivity index (χ2v) is 0. The number of rotatable bonds is 0. The number of nitrogens with zero attached hydrogens (tertiary/aromatic N) is 12. The molecule has 0 aliphatic heterocycles. The van der Waals surface area contributed by atoms with Gasteiger partial charge in [-0.25, -0.2) is 0 Å². The molecule has 0 aliphatic carbocycles. The van der Waals surface area contributed by atoms with Gasteiger partial charge in [-0.15, -0.1) is 0 Å². The minimum absolute atomic E-state index is 0. The van der Waals surface area contributed by atoms with Gasteiger partial charge in [-0.05, 0) is 0 Å². The van der Waals surface area contributed by atoms with Crippen LogP contribution in [0.1, 0.15) is 0 Å². The van der Waals surface area contributed by atoms with Gasteiger partial charge in [-0.1, -0.05) is 0 Å². The average Bonchev–Trinajstić information content (AvgIpc) is 2.84. The van der Waals surface area contributed by atoms with E-state index in [1.807, 2.05) is 0 Å². The third-order valence-electron chi connectivity index (χ3n) is 0. The quantitative estimate of drug-likeness (QED) is 0.270. The van der Waals surface area contributed by atoms with Crippen LogP contribution in [0.3, 0.4) is 0 Å². The van der Waals surface area contributed by atoms with Gasteiger partial charge >= 0.3 is 92.0 Å². The van der Waals surface area contributed by atoms with Crippen molar-refractivity contribution in [2.75, 3.05) is 0 Å². The third-order valence-corrected chi connectivity index (χ3v) is 0. The van der Waals surface area contributed by atoms with E-state index in [0.29, 0.717) is 0 Å². The van der Waals surface area contributed by atoms with E-state index in [0.717, 1.165) is 0 Å².